The van der Waals surface area contributed by atoms with Gasteiger partial charge in [0, 0.05) is 18.9 Å². The van der Waals surface area contributed by atoms with Crippen LogP contribution in [0.1, 0.15) is 91.4 Å². The summed E-state index contributed by atoms with van der Waals surface area (Å²) in [7, 11) is -4.26. The number of aliphatic hydroxyl groups is 1. The Labute approximate surface area is 217 Å². The normalized spacial score (nSPS) is 44.2. The Bertz CT molecular complexity index is 877. The van der Waals surface area contributed by atoms with Gasteiger partial charge in [-0.25, -0.2) is 0 Å². The average Bonchev–Trinajstić information content (AvgIpc) is 3.14. The fourth-order valence-electron chi connectivity index (χ4n) is 9.09. The van der Waals surface area contributed by atoms with Crippen molar-refractivity contribution in [3.8, 4) is 0 Å². The highest BCUT2D eigenvalue weighted by Gasteiger charge is 2.62. The van der Waals surface area contributed by atoms with Crippen LogP contribution in [0, 0.1) is 40.4 Å². The maximum absolute atomic E-state index is 13.4. The maximum Gasteiger partial charge on any atom is 0.268 e. The lowest BCUT2D eigenvalue weighted by molar-refractivity contribution is -0.172. The zero-order valence-electron chi connectivity index (χ0n) is 21.7. The van der Waals surface area contributed by atoms with Crippen LogP contribution in [0.25, 0.3) is 0 Å². The highest BCUT2D eigenvalue weighted by Crippen LogP contribution is 2.67. The van der Waals surface area contributed by atoms with Crippen molar-refractivity contribution in [2.24, 2.45) is 40.4 Å². The van der Waals surface area contributed by atoms with E-state index >= 15 is 0 Å². The Balaban J connectivity index is 1.51. The van der Waals surface area contributed by atoms with E-state index in [-0.39, 0.29) is 47.6 Å². The molecule has 0 aromatic carbocycles. The minimum Gasteiger partial charge on any atom is -0.390 e. The van der Waals surface area contributed by atoms with Gasteiger partial charge in [0.25, 0.3) is 10.1 Å². The minimum atomic E-state index is -4.26. The maximum atomic E-state index is 13.4. The minimum absolute atomic E-state index is 0.00609. The Morgan fingerprint density at radius 1 is 1.11 bits per heavy atom. The quantitative estimate of drug-likeness (QED) is 0.288. The third-order valence-corrected chi connectivity index (χ3v) is 12.4. The summed E-state index contributed by atoms with van der Waals surface area (Å²) in [5, 5.41) is 9.72. The van der Waals surface area contributed by atoms with Gasteiger partial charge >= 0.3 is 0 Å². The van der Waals surface area contributed by atoms with Gasteiger partial charge in [0.1, 0.15) is 5.78 Å². The second-order valence-corrected chi connectivity index (χ2v) is 14.7. The van der Waals surface area contributed by atoms with E-state index in [0.29, 0.717) is 36.0 Å². The standard InChI is InChI=1S/C27H46O6S2/c1-4-12-33-25-16-27(3)17(14-24(25)29)5-6-19-20-7-8-22(26(20,2)11-9-21(19)27)23(28)15-18(10-13-34)35(30,31)32/h17-22,24-25,29,34H,4-16H2,1-3H3,(H,30,31,32)/t17?,18?,19-,20-,21-,22+,24?,25?,26-,27-/m0/s1. The van der Waals surface area contributed by atoms with E-state index in [2.05, 4.69) is 33.4 Å². The van der Waals surface area contributed by atoms with Crippen molar-refractivity contribution in [3.63, 3.8) is 0 Å². The Morgan fingerprint density at radius 3 is 2.49 bits per heavy atom. The number of thiol groups is 1. The van der Waals surface area contributed by atoms with E-state index in [1.54, 1.807) is 0 Å². The molecule has 0 bridgehead atoms. The molecule has 4 rings (SSSR count). The van der Waals surface area contributed by atoms with Crippen molar-refractivity contribution in [3.05, 3.63) is 0 Å². The zero-order chi connectivity index (χ0) is 25.6. The topological polar surface area (TPSA) is 101 Å². The molecule has 0 heterocycles. The first-order valence-electron chi connectivity index (χ1n) is 13.8. The molecule has 202 valence electrons. The third kappa shape index (κ3) is 5.13. The van der Waals surface area contributed by atoms with Crippen LogP contribution in [0.5, 0.6) is 0 Å². The second kappa shape index (κ2) is 10.5. The molecule has 0 amide bonds. The molecule has 0 aliphatic heterocycles. The first kappa shape index (κ1) is 27.9. The molecule has 6 nitrogen and oxygen atoms in total. The SMILES string of the molecule is CCCOC1C[C@@]2(C)C(CC[C@H]3[C@@H]4CC[C@H](C(=O)CC(CCS)S(=O)(=O)O)[C@@]4(C)CC[C@@H]32)CC1O. The predicted octanol–water partition coefficient (Wildman–Crippen LogP) is 4.95. The molecule has 4 fully saturated rings. The fourth-order valence-corrected chi connectivity index (χ4v) is 10.4. The highest BCUT2D eigenvalue weighted by molar-refractivity contribution is 7.86. The van der Waals surface area contributed by atoms with E-state index in [1.165, 1.54) is 0 Å². The Kier molecular flexibility index (Phi) is 8.40. The number of carbonyl (C=O) groups excluding carboxylic acids is 1. The summed E-state index contributed by atoms with van der Waals surface area (Å²) in [5.41, 5.74) is 0.0606. The molecule has 4 aliphatic carbocycles. The Morgan fingerprint density at radius 2 is 1.83 bits per heavy atom. The number of hydrogen-bond acceptors (Lipinski definition) is 6. The highest BCUT2D eigenvalue weighted by atomic mass is 32.2. The number of ether oxygens (including phenoxy) is 1. The zero-order valence-corrected chi connectivity index (χ0v) is 23.4. The fraction of sp³-hybridized carbons (Fsp3) is 0.963. The largest absolute Gasteiger partial charge is 0.390 e. The van der Waals surface area contributed by atoms with Crippen LogP contribution < -0.4 is 0 Å². The lowest BCUT2D eigenvalue weighted by Gasteiger charge is -2.61. The summed E-state index contributed by atoms with van der Waals surface area (Å²) in [6.07, 6.45) is 8.57. The van der Waals surface area contributed by atoms with E-state index in [1.807, 2.05) is 0 Å². The van der Waals surface area contributed by atoms with E-state index in [9.17, 15) is 22.9 Å². The molecular weight excluding hydrogens is 484 g/mol. The summed E-state index contributed by atoms with van der Waals surface area (Å²) < 4.78 is 39.4. The third-order valence-electron chi connectivity index (χ3n) is 10.9. The van der Waals surface area contributed by atoms with Crippen molar-refractivity contribution in [1.29, 1.82) is 0 Å². The van der Waals surface area contributed by atoms with Gasteiger partial charge in [0.05, 0.1) is 17.5 Å². The molecule has 0 radical (unpaired) electrons. The van der Waals surface area contributed by atoms with Crippen LogP contribution in [0.3, 0.4) is 0 Å². The molecule has 4 aliphatic rings. The van der Waals surface area contributed by atoms with Gasteiger partial charge in [-0.05, 0) is 104 Å². The summed E-state index contributed by atoms with van der Waals surface area (Å²) in [6, 6.07) is 0. The van der Waals surface area contributed by atoms with Crippen LogP contribution >= 0.6 is 12.6 Å². The second-order valence-electron chi connectivity index (χ2n) is 12.6. The number of Topliss-reactive ketones (excluding diaryl/α,β-unsaturated/α-hetero) is 1. The van der Waals surface area contributed by atoms with E-state index < -0.39 is 15.4 Å². The average molecular weight is 531 g/mol. The van der Waals surface area contributed by atoms with Gasteiger partial charge in [0.2, 0.25) is 0 Å². The van der Waals surface area contributed by atoms with Crippen molar-refractivity contribution >= 4 is 28.5 Å². The van der Waals surface area contributed by atoms with Crippen LogP contribution in [-0.4, -0.2) is 53.7 Å². The number of aliphatic hydroxyl groups excluding tert-OH is 1. The molecule has 2 N–H and O–H groups in total. The summed E-state index contributed by atoms with van der Waals surface area (Å²) in [5.74, 6) is 2.36. The van der Waals surface area contributed by atoms with Crippen molar-refractivity contribution in [2.45, 2.75) is 109 Å². The number of fused-ring (bicyclic) bond motifs is 5. The monoisotopic (exact) mass is 530 g/mol. The number of ketones is 1. The molecule has 4 unspecified atom stereocenters. The van der Waals surface area contributed by atoms with E-state index in [0.717, 1.165) is 57.8 Å². The Hall–Kier alpha value is -0.150. The van der Waals surface area contributed by atoms with Gasteiger partial charge in [-0.1, -0.05) is 20.8 Å². The smallest absolute Gasteiger partial charge is 0.268 e. The van der Waals surface area contributed by atoms with Gasteiger partial charge in [-0.15, -0.1) is 0 Å². The lowest BCUT2D eigenvalue weighted by atomic mass is 9.44. The number of hydrogen-bond donors (Lipinski definition) is 3. The molecule has 10 atom stereocenters. The van der Waals surface area contributed by atoms with Crippen LogP contribution in [0.15, 0.2) is 0 Å². The summed E-state index contributed by atoms with van der Waals surface area (Å²) in [4.78, 5) is 13.4. The van der Waals surface area contributed by atoms with Crippen LogP contribution in [0.4, 0.5) is 0 Å². The van der Waals surface area contributed by atoms with Crippen molar-refractivity contribution in [1.82, 2.24) is 0 Å². The van der Waals surface area contributed by atoms with Gasteiger partial charge in [-0.2, -0.15) is 21.0 Å². The molecule has 4 saturated carbocycles. The van der Waals surface area contributed by atoms with Crippen LogP contribution in [0.2, 0.25) is 0 Å². The molecule has 0 spiro atoms. The van der Waals surface area contributed by atoms with Crippen molar-refractivity contribution < 1.29 is 27.6 Å². The molecule has 35 heavy (non-hydrogen) atoms. The van der Waals surface area contributed by atoms with Gasteiger partial charge in [-0.3, -0.25) is 9.35 Å². The predicted molar refractivity (Wildman–Crippen MR) is 140 cm³/mol. The molecule has 0 aromatic rings. The first-order valence-corrected chi connectivity index (χ1v) is 16.0. The summed E-state index contributed by atoms with van der Waals surface area (Å²) in [6.45, 7) is 7.51. The first-order chi connectivity index (χ1) is 16.5. The molecule has 8 heteroatoms. The van der Waals surface area contributed by atoms with Gasteiger partial charge < -0.3 is 9.84 Å². The lowest BCUT2D eigenvalue weighted by Crippen LogP contribution is -2.57. The summed E-state index contributed by atoms with van der Waals surface area (Å²) >= 11 is 4.13. The van der Waals surface area contributed by atoms with Crippen LogP contribution in [-0.2, 0) is 19.6 Å². The molecule has 0 aromatic heterocycles. The molecule has 0 saturated heterocycles. The number of rotatable bonds is 9. The molecular formula is C27H46O6S2. The number of carbonyl (C=O) groups is 1. The van der Waals surface area contributed by atoms with Gasteiger partial charge in [0.15, 0.2) is 0 Å². The van der Waals surface area contributed by atoms with Crippen molar-refractivity contribution in [2.75, 3.05) is 12.4 Å². The van der Waals surface area contributed by atoms with E-state index in [4.69, 9.17) is 4.74 Å².